The topological polar surface area (TPSA) is 113 Å². The molecule has 3 N–H and O–H groups in total. The molecule has 1 amide bonds. The molecule has 2 rings (SSSR count). The fourth-order valence-corrected chi connectivity index (χ4v) is 2.16. The number of halogens is 3. The number of nitrogens with zero attached hydrogens (tertiary/aromatic N) is 1. The lowest BCUT2D eigenvalue weighted by Gasteiger charge is -2.17. The lowest BCUT2D eigenvalue weighted by Crippen LogP contribution is -2.43. The van der Waals surface area contributed by atoms with Gasteiger partial charge < -0.3 is 15.2 Å². The molecule has 128 valence electrons. The number of carbonyl (C=O) groups excluding carboxylic acids is 1. The van der Waals surface area contributed by atoms with Crippen molar-refractivity contribution in [3.63, 3.8) is 0 Å². The fourth-order valence-electron chi connectivity index (χ4n) is 2.16. The van der Waals surface area contributed by atoms with Gasteiger partial charge in [0, 0.05) is 24.7 Å². The van der Waals surface area contributed by atoms with E-state index in [1.807, 2.05) is 0 Å². The molecule has 2 heterocycles. The number of hydrogen-bond donors (Lipinski definition) is 3. The van der Waals surface area contributed by atoms with Crippen LogP contribution in [0.2, 0.25) is 0 Å². The van der Waals surface area contributed by atoms with Crippen LogP contribution in [0.1, 0.15) is 18.2 Å². The Morgan fingerprint density at radius 1 is 1.52 bits per heavy atom. The van der Waals surface area contributed by atoms with Gasteiger partial charge in [0.25, 0.3) is 5.56 Å². The SMILES string of the molecule is Cc1cn(C2CC(O)C(CNC(=O)C(F)(F)F)O2)c(=O)[nH]c1=O. The summed E-state index contributed by atoms with van der Waals surface area (Å²) in [7, 11) is 0. The van der Waals surface area contributed by atoms with Gasteiger partial charge in [-0.2, -0.15) is 13.2 Å². The summed E-state index contributed by atoms with van der Waals surface area (Å²) in [6.45, 7) is 0.897. The van der Waals surface area contributed by atoms with Crippen molar-refractivity contribution < 1.29 is 27.8 Å². The molecule has 1 saturated heterocycles. The van der Waals surface area contributed by atoms with Gasteiger partial charge in [0.05, 0.1) is 6.10 Å². The number of aromatic nitrogens is 2. The summed E-state index contributed by atoms with van der Waals surface area (Å²) in [5.41, 5.74) is -1.10. The predicted molar refractivity (Wildman–Crippen MR) is 69.7 cm³/mol. The molecule has 1 aliphatic heterocycles. The number of alkyl halides is 3. The van der Waals surface area contributed by atoms with Crippen molar-refractivity contribution in [2.45, 2.75) is 38.0 Å². The summed E-state index contributed by atoms with van der Waals surface area (Å²) >= 11 is 0. The van der Waals surface area contributed by atoms with E-state index in [1.54, 1.807) is 5.32 Å². The van der Waals surface area contributed by atoms with Crippen LogP contribution in [0.5, 0.6) is 0 Å². The molecule has 0 bridgehead atoms. The largest absolute Gasteiger partial charge is 0.471 e. The molecular formula is C12H14F3N3O5. The van der Waals surface area contributed by atoms with Crippen LogP contribution in [-0.2, 0) is 9.53 Å². The third kappa shape index (κ3) is 3.79. The van der Waals surface area contributed by atoms with Crippen LogP contribution in [-0.4, -0.2) is 45.5 Å². The number of hydrogen-bond acceptors (Lipinski definition) is 5. The highest BCUT2D eigenvalue weighted by Crippen LogP contribution is 2.27. The maximum Gasteiger partial charge on any atom is 0.471 e. The molecule has 8 nitrogen and oxygen atoms in total. The molecule has 0 radical (unpaired) electrons. The van der Waals surface area contributed by atoms with Gasteiger partial charge in [-0.3, -0.25) is 19.1 Å². The summed E-state index contributed by atoms with van der Waals surface area (Å²) in [4.78, 5) is 35.8. The first-order valence-corrected chi connectivity index (χ1v) is 6.60. The number of aliphatic hydroxyl groups is 1. The van der Waals surface area contributed by atoms with E-state index in [2.05, 4.69) is 4.98 Å². The van der Waals surface area contributed by atoms with Crippen molar-refractivity contribution in [2.24, 2.45) is 0 Å². The zero-order chi connectivity index (χ0) is 17.4. The standard InChI is InChI=1S/C12H14F3N3O5/c1-5-4-18(11(22)17-9(5)20)8-2-6(19)7(23-8)3-16-10(21)12(13,14)15/h4,6-8,19H,2-3H2,1H3,(H,16,21)(H,17,20,22). The van der Waals surface area contributed by atoms with Crippen molar-refractivity contribution >= 4 is 5.91 Å². The second-order valence-corrected chi connectivity index (χ2v) is 5.12. The Labute approximate surface area is 126 Å². The van der Waals surface area contributed by atoms with Gasteiger partial charge in [0.1, 0.15) is 12.3 Å². The third-order valence-electron chi connectivity index (χ3n) is 3.38. The molecule has 0 aromatic carbocycles. The molecule has 0 spiro atoms. The first-order chi connectivity index (χ1) is 10.6. The predicted octanol–water partition coefficient (Wildman–Crippen LogP) is -0.828. The minimum absolute atomic E-state index is 0.0715. The number of carbonyl (C=O) groups is 1. The molecule has 23 heavy (non-hydrogen) atoms. The Morgan fingerprint density at radius 3 is 2.78 bits per heavy atom. The highest BCUT2D eigenvalue weighted by molar-refractivity contribution is 5.81. The summed E-state index contributed by atoms with van der Waals surface area (Å²) in [6.07, 6.45) is -7.11. The van der Waals surface area contributed by atoms with E-state index in [0.29, 0.717) is 0 Å². The molecule has 1 fully saturated rings. The summed E-state index contributed by atoms with van der Waals surface area (Å²) in [6, 6.07) is 0. The zero-order valence-corrected chi connectivity index (χ0v) is 11.9. The fraction of sp³-hybridized carbons (Fsp3) is 0.583. The molecule has 0 saturated carbocycles. The second-order valence-electron chi connectivity index (χ2n) is 5.12. The van der Waals surface area contributed by atoms with Crippen LogP contribution >= 0.6 is 0 Å². The van der Waals surface area contributed by atoms with Crippen molar-refractivity contribution in [1.82, 2.24) is 14.9 Å². The molecule has 3 atom stereocenters. The number of amides is 1. The molecular weight excluding hydrogens is 323 g/mol. The zero-order valence-electron chi connectivity index (χ0n) is 11.9. The van der Waals surface area contributed by atoms with Gasteiger partial charge >= 0.3 is 17.8 Å². The summed E-state index contributed by atoms with van der Waals surface area (Å²) < 4.78 is 42.6. The highest BCUT2D eigenvalue weighted by atomic mass is 19.4. The van der Waals surface area contributed by atoms with Crippen LogP contribution in [0.4, 0.5) is 13.2 Å². The summed E-state index contributed by atoms with van der Waals surface area (Å²) in [5, 5.41) is 11.4. The van der Waals surface area contributed by atoms with Crippen LogP contribution in [0.3, 0.4) is 0 Å². The first kappa shape index (κ1) is 17.2. The number of aromatic amines is 1. The van der Waals surface area contributed by atoms with Crippen molar-refractivity contribution in [1.29, 1.82) is 0 Å². The Balaban J connectivity index is 2.07. The Morgan fingerprint density at radius 2 is 2.17 bits per heavy atom. The number of rotatable bonds is 3. The number of aliphatic hydroxyl groups excluding tert-OH is 1. The van der Waals surface area contributed by atoms with Gasteiger partial charge in [0.2, 0.25) is 0 Å². The number of ether oxygens (including phenoxy) is 1. The maximum absolute atomic E-state index is 12.1. The number of H-pyrrole nitrogens is 1. The minimum Gasteiger partial charge on any atom is -0.390 e. The molecule has 1 aliphatic rings. The Kier molecular flexibility index (Phi) is 4.61. The summed E-state index contributed by atoms with van der Waals surface area (Å²) in [5.74, 6) is -2.14. The lowest BCUT2D eigenvalue weighted by atomic mass is 10.2. The monoisotopic (exact) mass is 337 g/mol. The Bertz CT molecular complexity index is 711. The molecule has 3 unspecified atom stereocenters. The number of nitrogens with one attached hydrogen (secondary N) is 2. The van der Waals surface area contributed by atoms with Crippen LogP contribution < -0.4 is 16.6 Å². The van der Waals surface area contributed by atoms with E-state index in [4.69, 9.17) is 4.74 Å². The average molecular weight is 337 g/mol. The quantitative estimate of drug-likeness (QED) is 0.666. The van der Waals surface area contributed by atoms with Gasteiger partial charge in [-0.1, -0.05) is 0 Å². The molecule has 0 aliphatic carbocycles. The van der Waals surface area contributed by atoms with E-state index < -0.39 is 48.3 Å². The maximum atomic E-state index is 12.1. The van der Waals surface area contributed by atoms with Crippen molar-refractivity contribution in [2.75, 3.05) is 6.54 Å². The van der Waals surface area contributed by atoms with Gasteiger partial charge in [0.15, 0.2) is 0 Å². The molecule has 1 aromatic rings. The highest BCUT2D eigenvalue weighted by Gasteiger charge is 2.41. The van der Waals surface area contributed by atoms with Gasteiger partial charge in [-0.25, -0.2) is 4.79 Å². The lowest BCUT2D eigenvalue weighted by molar-refractivity contribution is -0.174. The Hall–Kier alpha value is -2.14. The van der Waals surface area contributed by atoms with E-state index >= 15 is 0 Å². The minimum atomic E-state index is -5.03. The molecule has 11 heteroatoms. The van der Waals surface area contributed by atoms with Crippen molar-refractivity contribution in [3.05, 3.63) is 32.6 Å². The number of aryl methyl sites for hydroxylation is 1. The third-order valence-corrected chi connectivity index (χ3v) is 3.38. The van der Waals surface area contributed by atoms with E-state index in [1.165, 1.54) is 13.1 Å². The van der Waals surface area contributed by atoms with Gasteiger partial charge in [-0.15, -0.1) is 0 Å². The van der Waals surface area contributed by atoms with E-state index in [0.717, 1.165) is 4.57 Å². The van der Waals surface area contributed by atoms with Crippen LogP contribution in [0.25, 0.3) is 0 Å². The van der Waals surface area contributed by atoms with E-state index in [9.17, 15) is 32.7 Å². The molecule has 1 aromatic heterocycles. The smallest absolute Gasteiger partial charge is 0.390 e. The van der Waals surface area contributed by atoms with Crippen molar-refractivity contribution in [3.8, 4) is 0 Å². The van der Waals surface area contributed by atoms with Crippen LogP contribution in [0.15, 0.2) is 15.8 Å². The second kappa shape index (κ2) is 6.16. The van der Waals surface area contributed by atoms with E-state index in [-0.39, 0.29) is 12.0 Å². The first-order valence-electron chi connectivity index (χ1n) is 6.60. The normalized spacial score (nSPS) is 24.7. The van der Waals surface area contributed by atoms with Crippen LogP contribution in [0, 0.1) is 6.92 Å². The average Bonchev–Trinajstić information content (AvgIpc) is 2.80. The van der Waals surface area contributed by atoms with Gasteiger partial charge in [-0.05, 0) is 6.92 Å².